The lowest BCUT2D eigenvalue weighted by Crippen LogP contribution is -2.05. The van der Waals surface area contributed by atoms with Crippen LogP contribution in [0.3, 0.4) is 0 Å². The van der Waals surface area contributed by atoms with Gasteiger partial charge < -0.3 is 0 Å². The van der Waals surface area contributed by atoms with Crippen molar-refractivity contribution in [2.45, 2.75) is 6.18 Å². The van der Waals surface area contributed by atoms with E-state index in [4.69, 9.17) is 11.6 Å². The van der Waals surface area contributed by atoms with Crippen LogP contribution in [0.25, 0.3) is 22.3 Å². The standard InChI is InChI=1S/C15H8ClF3N2/c16-13-11-7-6-10(15(17,18)19)8-12(11)20-14(21-13)9-4-2-1-3-5-9/h1-8H. The summed E-state index contributed by atoms with van der Waals surface area (Å²) in [5.41, 5.74) is 0.103. The molecule has 0 spiro atoms. The maximum Gasteiger partial charge on any atom is 0.416 e. The van der Waals surface area contributed by atoms with E-state index in [0.29, 0.717) is 16.8 Å². The molecule has 0 aliphatic heterocycles. The third-order valence-corrected chi connectivity index (χ3v) is 3.30. The summed E-state index contributed by atoms with van der Waals surface area (Å²) in [5, 5.41) is 0.525. The third kappa shape index (κ3) is 2.69. The van der Waals surface area contributed by atoms with E-state index in [9.17, 15) is 13.2 Å². The largest absolute Gasteiger partial charge is 0.416 e. The zero-order valence-corrected chi connectivity index (χ0v) is 11.3. The van der Waals surface area contributed by atoms with Gasteiger partial charge in [-0.2, -0.15) is 13.2 Å². The van der Waals surface area contributed by atoms with Gasteiger partial charge in [0, 0.05) is 10.9 Å². The first-order valence-corrected chi connectivity index (χ1v) is 6.43. The van der Waals surface area contributed by atoms with Crippen molar-refractivity contribution >= 4 is 22.5 Å². The second kappa shape index (κ2) is 5.00. The molecule has 0 saturated carbocycles. The van der Waals surface area contributed by atoms with Crippen LogP contribution in [0.2, 0.25) is 5.15 Å². The van der Waals surface area contributed by atoms with Crippen molar-refractivity contribution in [1.82, 2.24) is 9.97 Å². The van der Waals surface area contributed by atoms with Gasteiger partial charge in [0.1, 0.15) is 5.15 Å². The molecule has 106 valence electrons. The Kier molecular flexibility index (Phi) is 3.29. The molecule has 1 heterocycles. The van der Waals surface area contributed by atoms with Crippen LogP contribution in [0.15, 0.2) is 48.5 Å². The summed E-state index contributed by atoms with van der Waals surface area (Å²) in [7, 11) is 0. The summed E-state index contributed by atoms with van der Waals surface area (Å²) >= 11 is 6.05. The van der Waals surface area contributed by atoms with Gasteiger partial charge in [0.05, 0.1) is 11.1 Å². The molecule has 3 aromatic rings. The minimum atomic E-state index is -4.42. The van der Waals surface area contributed by atoms with E-state index >= 15 is 0 Å². The average Bonchev–Trinajstić information content (AvgIpc) is 2.46. The summed E-state index contributed by atoms with van der Waals surface area (Å²) in [4.78, 5) is 8.32. The number of aromatic nitrogens is 2. The van der Waals surface area contributed by atoms with Crippen molar-refractivity contribution in [1.29, 1.82) is 0 Å². The van der Waals surface area contributed by atoms with Crippen molar-refractivity contribution in [2.24, 2.45) is 0 Å². The number of hydrogen-bond acceptors (Lipinski definition) is 2. The molecule has 0 bridgehead atoms. The highest BCUT2D eigenvalue weighted by atomic mass is 35.5. The molecule has 0 N–H and O–H groups in total. The predicted octanol–water partition coefficient (Wildman–Crippen LogP) is 4.97. The lowest BCUT2D eigenvalue weighted by molar-refractivity contribution is -0.137. The zero-order valence-electron chi connectivity index (χ0n) is 10.5. The van der Waals surface area contributed by atoms with E-state index < -0.39 is 11.7 Å². The van der Waals surface area contributed by atoms with Crippen molar-refractivity contribution in [3.63, 3.8) is 0 Å². The molecular formula is C15H8ClF3N2. The lowest BCUT2D eigenvalue weighted by Gasteiger charge is -2.09. The Morgan fingerprint density at radius 3 is 2.29 bits per heavy atom. The molecule has 0 fully saturated rings. The number of halogens is 4. The van der Waals surface area contributed by atoms with Gasteiger partial charge in [-0.3, -0.25) is 0 Å². The highest BCUT2D eigenvalue weighted by Gasteiger charge is 2.30. The zero-order chi connectivity index (χ0) is 15.0. The molecule has 0 saturated heterocycles. The van der Waals surface area contributed by atoms with E-state index in [1.807, 2.05) is 6.07 Å². The van der Waals surface area contributed by atoms with Crippen LogP contribution in [-0.2, 0) is 6.18 Å². The second-order valence-corrected chi connectivity index (χ2v) is 4.79. The fourth-order valence-electron chi connectivity index (χ4n) is 1.98. The molecule has 2 nitrogen and oxygen atoms in total. The summed E-state index contributed by atoms with van der Waals surface area (Å²) in [5.74, 6) is 0.299. The van der Waals surface area contributed by atoms with Crippen LogP contribution >= 0.6 is 11.6 Å². The Labute approximate surface area is 123 Å². The number of alkyl halides is 3. The SMILES string of the molecule is FC(F)(F)c1ccc2c(Cl)nc(-c3ccccc3)nc2c1. The summed E-state index contributed by atoms with van der Waals surface area (Å²) < 4.78 is 38.3. The Hall–Kier alpha value is -2.14. The molecule has 2 aromatic carbocycles. The monoisotopic (exact) mass is 308 g/mol. The van der Waals surface area contributed by atoms with Gasteiger partial charge in [0.2, 0.25) is 0 Å². The van der Waals surface area contributed by atoms with Crippen LogP contribution in [0.4, 0.5) is 13.2 Å². The molecular weight excluding hydrogens is 301 g/mol. The van der Waals surface area contributed by atoms with Crippen LogP contribution in [0.1, 0.15) is 5.56 Å². The van der Waals surface area contributed by atoms with Gasteiger partial charge in [-0.25, -0.2) is 9.97 Å². The Bertz CT molecular complexity index is 801. The molecule has 0 radical (unpaired) electrons. The van der Waals surface area contributed by atoms with E-state index in [-0.39, 0.29) is 10.7 Å². The fourth-order valence-corrected chi connectivity index (χ4v) is 2.22. The fraction of sp³-hybridized carbons (Fsp3) is 0.0667. The highest BCUT2D eigenvalue weighted by Crippen LogP contribution is 2.33. The van der Waals surface area contributed by atoms with Crippen molar-refractivity contribution in [3.05, 3.63) is 59.2 Å². The average molecular weight is 309 g/mol. The van der Waals surface area contributed by atoms with E-state index in [0.717, 1.165) is 12.1 Å². The maximum absolute atomic E-state index is 12.8. The predicted molar refractivity (Wildman–Crippen MR) is 75.0 cm³/mol. The maximum atomic E-state index is 12.8. The van der Waals surface area contributed by atoms with Gasteiger partial charge in [-0.15, -0.1) is 0 Å². The molecule has 0 amide bonds. The summed E-state index contributed by atoms with van der Waals surface area (Å²) in [6.07, 6.45) is -4.42. The highest BCUT2D eigenvalue weighted by molar-refractivity contribution is 6.34. The molecule has 1 aromatic heterocycles. The molecule has 3 rings (SSSR count). The van der Waals surface area contributed by atoms with Gasteiger partial charge in [-0.1, -0.05) is 41.9 Å². The quantitative estimate of drug-likeness (QED) is 0.593. The number of benzene rings is 2. The number of rotatable bonds is 1. The van der Waals surface area contributed by atoms with Gasteiger partial charge in [0.15, 0.2) is 5.82 Å². The third-order valence-electron chi connectivity index (χ3n) is 3.01. The topological polar surface area (TPSA) is 25.8 Å². The Balaban J connectivity index is 2.22. The number of nitrogens with zero attached hydrogens (tertiary/aromatic N) is 2. The van der Waals surface area contributed by atoms with Crippen molar-refractivity contribution in [3.8, 4) is 11.4 Å². The van der Waals surface area contributed by atoms with Gasteiger partial charge in [-0.05, 0) is 18.2 Å². The molecule has 21 heavy (non-hydrogen) atoms. The minimum absolute atomic E-state index is 0.132. The normalized spacial score (nSPS) is 11.8. The van der Waals surface area contributed by atoms with Crippen LogP contribution in [-0.4, -0.2) is 9.97 Å². The molecule has 0 unspecified atom stereocenters. The molecule has 6 heteroatoms. The first-order chi connectivity index (χ1) is 9.95. The Morgan fingerprint density at radius 1 is 0.905 bits per heavy atom. The van der Waals surface area contributed by atoms with E-state index in [1.54, 1.807) is 24.3 Å². The van der Waals surface area contributed by atoms with E-state index in [2.05, 4.69) is 9.97 Å². The summed E-state index contributed by atoms with van der Waals surface area (Å²) in [6, 6.07) is 12.2. The first-order valence-electron chi connectivity index (χ1n) is 6.05. The van der Waals surface area contributed by atoms with Crippen LogP contribution < -0.4 is 0 Å². The van der Waals surface area contributed by atoms with E-state index in [1.165, 1.54) is 6.07 Å². The van der Waals surface area contributed by atoms with Crippen molar-refractivity contribution < 1.29 is 13.2 Å². The van der Waals surface area contributed by atoms with Crippen LogP contribution in [0, 0.1) is 0 Å². The summed E-state index contributed by atoms with van der Waals surface area (Å²) in [6.45, 7) is 0. The minimum Gasteiger partial charge on any atom is -0.228 e. The van der Waals surface area contributed by atoms with Gasteiger partial charge >= 0.3 is 6.18 Å². The lowest BCUT2D eigenvalue weighted by atomic mass is 10.1. The smallest absolute Gasteiger partial charge is 0.228 e. The molecule has 0 aliphatic carbocycles. The number of hydrogen-bond donors (Lipinski definition) is 0. The Morgan fingerprint density at radius 2 is 1.62 bits per heavy atom. The molecule has 0 atom stereocenters. The molecule has 0 aliphatic rings. The van der Waals surface area contributed by atoms with Crippen LogP contribution in [0.5, 0.6) is 0 Å². The second-order valence-electron chi connectivity index (χ2n) is 4.43. The van der Waals surface area contributed by atoms with Gasteiger partial charge in [0.25, 0.3) is 0 Å². The first kappa shape index (κ1) is 13.8. The number of fused-ring (bicyclic) bond motifs is 1. The van der Waals surface area contributed by atoms with Crippen molar-refractivity contribution in [2.75, 3.05) is 0 Å².